The van der Waals surface area contributed by atoms with Crippen molar-refractivity contribution >= 4 is 23.2 Å². The summed E-state index contributed by atoms with van der Waals surface area (Å²) in [7, 11) is 0. The highest BCUT2D eigenvalue weighted by Gasteiger charge is 2.31. The quantitative estimate of drug-likeness (QED) is 0.844. The molecular weight excluding hydrogens is 266 g/mol. The van der Waals surface area contributed by atoms with Gasteiger partial charge < -0.3 is 0 Å². The molecule has 0 atom stereocenters. The lowest BCUT2D eigenvalue weighted by Gasteiger charge is -2.18. The maximum absolute atomic E-state index is 11.8. The number of benzene rings is 1. The van der Waals surface area contributed by atoms with E-state index in [0.29, 0.717) is 18.5 Å². The van der Waals surface area contributed by atoms with E-state index in [0.717, 1.165) is 22.5 Å². The molecule has 0 bridgehead atoms. The predicted molar refractivity (Wildman–Crippen MR) is 80.9 cm³/mol. The van der Waals surface area contributed by atoms with Crippen LogP contribution in [0.3, 0.4) is 0 Å². The van der Waals surface area contributed by atoms with E-state index in [4.69, 9.17) is 0 Å². The zero-order chi connectivity index (χ0) is 15.0. The van der Waals surface area contributed by atoms with E-state index in [1.165, 1.54) is 4.90 Å². The molecule has 2 aliphatic heterocycles. The molecule has 2 heterocycles. The van der Waals surface area contributed by atoms with Crippen LogP contribution in [-0.2, 0) is 9.59 Å². The van der Waals surface area contributed by atoms with Crippen molar-refractivity contribution in [2.45, 2.75) is 19.8 Å². The summed E-state index contributed by atoms with van der Waals surface area (Å²) in [6.07, 6.45) is 4.31. The van der Waals surface area contributed by atoms with Crippen molar-refractivity contribution in [2.75, 3.05) is 4.90 Å². The molecule has 1 N–H and O–H groups in total. The molecule has 1 saturated heterocycles. The lowest BCUT2D eigenvalue weighted by atomic mass is 10.0. The normalized spacial score (nSPS) is 18.0. The first-order chi connectivity index (χ1) is 10.1. The smallest absolute Gasteiger partial charge is 0.234 e. The fourth-order valence-electron chi connectivity index (χ4n) is 2.46. The average molecular weight is 281 g/mol. The molecule has 1 fully saturated rings. The zero-order valence-corrected chi connectivity index (χ0v) is 11.7. The maximum atomic E-state index is 11.8. The molecule has 5 nitrogen and oxygen atoms in total. The van der Waals surface area contributed by atoms with E-state index in [2.05, 4.69) is 17.1 Å². The number of anilines is 1. The Morgan fingerprint density at radius 2 is 1.90 bits per heavy atom. The van der Waals surface area contributed by atoms with Gasteiger partial charge in [-0.15, -0.1) is 0 Å². The summed E-state index contributed by atoms with van der Waals surface area (Å²) >= 11 is 0. The third kappa shape index (κ3) is 2.38. The standard InChI is InChI=1S/C16H15N3O2/c1-10-9-12(13-5-3-11(2)17-18-13)4-6-14(10)19-15(20)7-8-16(19)21/h3-6,9,17H,2,7-8H2,1H3. The molecule has 0 spiro atoms. The number of nitrogens with zero attached hydrogens (tertiary/aromatic N) is 2. The molecule has 0 radical (unpaired) electrons. The molecule has 106 valence electrons. The third-order valence-corrected chi connectivity index (χ3v) is 3.55. The van der Waals surface area contributed by atoms with Gasteiger partial charge in [-0.2, -0.15) is 5.10 Å². The molecular formula is C16H15N3O2. The number of carbonyl (C=O) groups excluding carboxylic acids is 2. The van der Waals surface area contributed by atoms with Gasteiger partial charge in [0.25, 0.3) is 0 Å². The number of allylic oxidation sites excluding steroid dienone is 2. The minimum Gasteiger partial charge on any atom is -0.279 e. The number of imide groups is 1. The Labute approximate surface area is 122 Å². The minimum absolute atomic E-state index is 0.135. The first kappa shape index (κ1) is 13.3. The molecule has 0 unspecified atom stereocenters. The zero-order valence-electron chi connectivity index (χ0n) is 11.7. The Kier molecular flexibility index (Phi) is 3.17. The molecule has 2 amide bonds. The Morgan fingerprint density at radius 1 is 1.19 bits per heavy atom. The minimum atomic E-state index is -0.135. The van der Waals surface area contributed by atoms with Crippen molar-refractivity contribution in [1.29, 1.82) is 0 Å². The molecule has 2 aliphatic rings. The fourth-order valence-corrected chi connectivity index (χ4v) is 2.46. The van der Waals surface area contributed by atoms with Crippen LogP contribution in [0.1, 0.15) is 24.0 Å². The number of nitrogens with one attached hydrogen (secondary N) is 1. The van der Waals surface area contributed by atoms with Gasteiger partial charge in [0.15, 0.2) is 0 Å². The Bertz CT molecular complexity index is 700. The lowest BCUT2D eigenvalue weighted by Crippen LogP contribution is -2.29. The summed E-state index contributed by atoms with van der Waals surface area (Å²) in [6, 6.07) is 5.58. The molecule has 1 aromatic carbocycles. The third-order valence-electron chi connectivity index (χ3n) is 3.55. The molecule has 5 heteroatoms. The van der Waals surface area contributed by atoms with Gasteiger partial charge in [-0.05, 0) is 36.8 Å². The highest BCUT2D eigenvalue weighted by Crippen LogP contribution is 2.27. The number of rotatable bonds is 2. The molecule has 21 heavy (non-hydrogen) atoms. The molecule has 1 aromatic rings. The Balaban J connectivity index is 1.94. The number of aryl methyl sites for hydroxylation is 1. The SMILES string of the molecule is C=C1C=CC(c2ccc(N3C(=O)CCC3=O)c(C)c2)=NN1. The van der Waals surface area contributed by atoms with E-state index in [1.54, 1.807) is 6.07 Å². The van der Waals surface area contributed by atoms with Gasteiger partial charge in [0.05, 0.1) is 11.4 Å². The van der Waals surface area contributed by atoms with Gasteiger partial charge in [0.1, 0.15) is 0 Å². The number of carbonyl (C=O) groups is 2. The van der Waals surface area contributed by atoms with Crippen molar-refractivity contribution in [3.05, 3.63) is 53.8 Å². The van der Waals surface area contributed by atoms with E-state index in [9.17, 15) is 9.59 Å². The van der Waals surface area contributed by atoms with Crippen molar-refractivity contribution in [3.63, 3.8) is 0 Å². The molecule has 0 aliphatic carbocycles. The van der Waals surface area contributed by atoms with Crippen LogP contribution in [0, 0.1) is 6.92 Å². The van der Waals surface area contributed by atoms with Crippen LogP contribution in [0.5, 0.6) is 0 Å². The first-order valence-corrected chi connectivity index (χ1v) is 6.74. The van der Waals surface area contributed by atoms with Crippen LogP contribution >= 0.6 is 0 Å². The Hall–Kier alpha value is -2.69. The highest BCUT2D eigenvalue weighted by molar-refractivity contribution is 6.20. The van der Waals surface area contributed by atoms with E-state index >= 15 is 0 Å². The maximum Gasteiger partial charge on any atom is 0.234 e. The van der Waals surface area contributed by atoms with Gasteiger partial charge in [-0.25, -0.2) is 0 Å². The number of hydrazone groups is 1. The van der Waals surface area contributed by atoms with E-state index in [-0.39, 0.29) is 11.8 Å². The first-order valence-electron chi connectivity index (χ1n) is 6.74. The second-order valence-corrected chi connectivity index (χ2v) is 5.09. The van der Waals surface area contributed by atoms with Gasteiger partial charge in [0.2, 0.25) is 11.8 Å². The van der Waals surface area contributed by atoms with Crippen LogP contribution in [0.25, 0.3) is 0 Å². The van der Waals surface area contributed by atoms with Crippen molar-refractivity contribution in [3.8, 4) is 0 Å². The average Bonchev–Trinajstić information content (AvgIpc) is 2.79. The van der Waals surface area contributed by atoms with E-state index < -0.39 is 0 Å². The van der Waals surface area contributed by atoms with Crippen molar-refractivity contribution < 1.29 is 9.59 Å². The monoisotopic (exact) mass is 281 g/mol. The van der Waals surface area contributed by atoms with Crippen molar-refractivity contribution in [2.24, 2.45) is 5.10 Å². The highest BCUT2D eigenvalue weighted by atomic mass is 16.2. The van der Waals surface area contributed by atoms with Crippen LogP contribution in [0.4, 0.5) is 5.69 Å². The van der Waals surface area contributed by atoms with Gasteiger partial charge in [-0.3, -0.25) is 19.9 Å². The van der Waals surface area contributed by atoms with Crippen LogP contribution in [-0.4, -0.2) is 17.5 Å². The fraction of sp³-hybridized carbons (Fsp3) is 0.188. The topological polar surface area (TPSA) is 61.8 Å². The molecule has 3 rings (SSSR count). The van der Waals surface area contributed by atoms with E-state index in [1.807, 2.05) is 31.2 Å². The van der Waals surface area contributed by atoms with Crippen molar-refractivity contribution in [1.82, 2.24) is 5.43 Å². The summed E-state index contributed by atoms with van der Waals surface area (Å²) in [5.41, 5.74) is 6.80. The summed E-state index contributed by atoms with van der Waals surface area (Å²) in [6.45, 7) is 5.64. The van der Waals surface area contributed by atoms with Crippen LogP contribution < -0.4 is 10.3 Å². The summed E-state index contributed by atoms with van der Waals surface area (Å²) in [4.78, 5) is 24.9. The second-order valence-electron chi connectivity index (χ2n) is 5.09. The molecule has 0 aromatic heterocycles. The van der Waals surface area contributed by atoms with Crippen LogP contribution in [0.15, 0.2) is 47.7 Å². The summed E-state index contributed by atoms with van der Waals surface area (Å²) in [5.74, 6) is -0.271. The van der Waals surface area contributed by atoms with Gasteiger partial charge in [-0.1, -0.05) is 12.6 Å². The second kappa shape index (κ2) is 5.01. The Morgan fingerprint density at radius 3 is 2.48 bits per heavy atom. The molecule has 0 saturated carbocycles. The number of hydrogen-bond acceptors (Lipinski definition) is 4. The number of hydrogen-bond donors (Lipinski definition) is 1. The van der Waals surface area contributed by atoms with Crippen LogP contribution in [0.2, 0.25) is 0 Å². The largest absolute Gasteiger partial charge is 0.279 e. The summed E-state index contributed by atoms with van der Waals surface area (Å²) in [5, 5.41) is 4.21. The predicted octanol–water partition coefficient (Wildman–Crippen LogP) is 2.03. The number of amides is 2. The summed E-state index contributed by atoms with van der Waals surface area (Å²) < 4.78 is 0. The van der Waals surface area contributed by atoms with Gasteiger partial charge in [0, 0.05) is 24.1 Å². The van der Waals surface area contributed by atoms with Gasteiger partial charge >= 0.3 is 0 Å². The lowest BCUT2D eigenvalue weighted by molar-refractivity contribution is -0.121.